The van der Waals surface area contributed by atoms with Gasteiger partial charge in [-0.25, -0.2) is 0 Å². The van der Waals surface area contributed by atoms with Crippen molar-refractivity contribution in [2.45, 2.75) is 12.5 Å². The Kier molecular flexibility index (Phi) is 5.90. The quantitative estimate of drug-likeness (QED) is 0.447. The highest BCUT2D eigenvalue weighted by atomic mass is 79.9. The van der Waals surface area contributed by atoms with Crippen LogP contribution in [0.4, 0.5) is 0 Å². The average Bonchev–Trinajstić information content (AvgIpc) is 3.29. The predicted molar refractivity (Wildman–Crippen MR) is 128 cm³/mol. The van der Waals surface area contributed by atoms with Gasteiger partial charge in [-0.3, -0.25) is 0 Å². The number of benzene rings is 3. The summed E-state index contributed by atoms with van der Waals surface area (Å²) in [6.07, 6.45) is 0. The fourth-order valence-electron chi connectivity index (χ4n) is 3.97. The summed E-state index contributed by atoms with van der Waals surface area (Å²) in [4.78, 5) is 0. The van der Waals surface area contributed by atoms with Gasteiger partial charge in [0, 0.05) is 16.7 Å². The Bertz CT molecular complexity index is 1350. The number of methoxy groups -OCH3 is 1. The molecule has 0 amide bonds. The minimum atomic E-state index is -0.501. The zero-order valence-electron chi connectivity index (χ0n) is 17.9. The molecule has 9 heteroatoms. The molecule has 5 rings (SSSR count). The molecule has 0 fully saturated rings. The van der Waals surface area contributed by atoms with E-state index in [0.717, 1.165) is 16.7 Å². The average molecular weight is 542 g/mol. The second-order valence-corrected chi connectivity index (χ2v) is 8.91. The summed E-state index contributed by atoms with van der Waals surface area (Å²) in [5.41, 5.74) is 8.87. The smallest absolute Gasteiger partial charge is 0.231 e. The molecular formula is C25H18BrClN2O5. The largest absolute Gasteiger partial charge is 0.493 e. The molecule has 0 spiro atoms. The van der Waals surface area contributed by atoms with Crippen molar-refractivity contribution >= 4 is 27.5 Å². The van der Waals surface area contributed by atoms with E-state index in [1.807, 2.05) is 42.5 Å². The first-order valence-corrected chi connectivity index (χ1v) is 11.4. The third-order valence-electron chi connectivity index (χ3n) is 5.59. The van der Waals surface area contributed by atoms with E-state index in [4.69, 9.17) is 41.0 Å². The molecule has 0 bridgehead atoms. The van der Waals surface area contributed by atoms with Gasteiger partial charge in [0.05, 0.1) is 17.5 Å². The summed E-state index contributed by atoms with van der Waals surface area (Å²) in [7, 11) is 1.56. The van der Waals surface area contributed by atoms with Crippen LogP contribution in [0.25, 0.3) is 0 Å². The topological polar surface area (TPSA) is 96.0 Å². The zero-order valence-corrected chi connectivity index (χ0v) is 20.3. The first-order chi connectivity index (χ1) is 16.5. The standard InChI is InChI=1S/C25H18BrClN2O5/c1-30-22-7-14(6-18(26)24(22)31-11-13-2-4-15(27)5-3-13)23-16-8-20-21(33-12-32-20)9-19(16)34-25(29)17(23)10-28/h2-9,23H,11-12,29H2,1H3/t23-/m0/s1. The van der Waals surface area contributed by atoms with Crippen molar-refractivity contribution < 1.29 is 23.7 Å². The number of halogens is 2. The van der Waals surface area contributed by atoms with Crippen molar-refractivity contribution in [2.75, 3.05) is 13.9 Å². The van der Waals surface area contributed by atoms with Gasteiger partial charge in [-0.1, -0.05) is 23.7 Å². The highest BCUT2D eigenvalue weighted by Crippen LogP contribution is 2.50. The van der Waals surface area contributed by atoms with Gasteiger partial charge < -0.3 is 29.4 Å². The van der Waals surface area contributed by atoms with E-state index in [-0.39, 0.29) is 18.2 Å². The molecule has 0 radical (unpaired) electrons. The van der Waals surface area contributed by atoms with E-state index in [1.165, 1.54) is 0 Å². The number of ether oxygens (including phenoxy) is 5. The van der Waals surface area contributed by atoms with Crippen LogP contribution in [0, 0.1) is 11.3 Å². The molecule has 2 aliphatic heterocycles. The molecule has 3 aromatic carbocycles. The molecule has 0 aliphatic carbocycles. The Morgan fingerprint density at radius 2 is 1.85 bits per heavy atom. The third kappa shape index (κ3) is 3.98. The van der Waals surface area contributed by atoms with E-state index >= 15 is 0 Å². The van der Waals surface area contributed by atoms with E-state index in [0.29, 0.717) is 44.8 Å². The molecule has 0 saturated heterocycles. The second-order valence-electron chi connectivity index (χ2n) is 7.62. The van der Waals surface area contributed by atoms with E-state index in [1.54, 1.807) is 13.2 Å². The number of hydrogen-bond acceptors (Lipinski definition) is 7. The molecular weight excluding hydrogens is 524 g/mol. The van der Waals surface area contributed by atoms with Crippen molar-refractivity contribution in [3.63, 3.8) is 0 Å². The summed E-state index contributed by atoms with van der Waals surface area (Å²) in [6, 6.07) is 16.9. The second kappa shape index (κ2) is 9.01. The molecule has 0 aromatic heterocycles. The molecule has 7 nitrogen and oxygen atoms in total. The van der Waals surface area contributed by atoms with Crippen LogP contribution in [0.3, 0.4) is 0 Å². The van der Waals surface area contributed by atoms with Crippen molar-refractivity contribution in [3.8, 4) is 34.8 Å². The molecule has 0 saturated carbocycles. The van der Waals surface area contributed by atoms with Gasteiger partial charge in [0.2, 0.25) is 12.7 Å². The molecule has 0 unspecified atom stereocenters. The minimum absolute atomic E-state index is 0.0389. The zero-order chi connectivity index (χ0) is 23.8. The van der Waals surface area contributed by atoms with Gasteiger partial charge in [0.15, 0.2) is 23.0 Å². The van der Waals surface area contributed by atoms with Crippen molar-refractivity contribution in [2.24, 2.45) is 5.73 Å². The van der Waals surface area contributed by atoms with Crippen LogP contribution in [-0.4, -0.2) is 13.9 Å². The maximum absolute atomic E-state index is 9.89. The molecule has 2 heterocycles. The SMILES string of the molecule is COc1cc([C@@H]2C(C#N)=C(N)Oc3cc4c(cc32)OCO4)cc(Br)c1OCc1ccc(Cl)cc1. The first kappa shape index (κ1) is 22.3. The fourth-order valence-corrected chi connectivity index (χ4v) is 4.67. The number of nitrogens with two attached hydrogens (primary N) is 1. The maximum atomic E-state index is 9.89. The van der Waals surface area contributed by atoms with Crippen LogP contribution < -0.4 is 29.4 Å². The van der Waals surface area contributed by atoms with Crippen LogP contribution in [0.15, 0.2) is 64.5 Å². The maximum Gasteiger partial charge on any atom is 0.231 e. The molecule has 1 atom stereocenters. The van der Waals surface area contributed by atoms with E-state index < -0.39 is 5.92 Å². The summed E-state index contributed by atoms with van der Waals surface area (Å²) >= 11 is 9.57. The molecule has 172 valence electrons. The molecule has 34 heavy (non-hydrogen) atoms. The molecule has 3 aromatic rings. The normalized spacial score (nSPS) is 15.9. The van der Waals surface area contributed by atoms with Crippen molar-refractivity contribution in [1.29, 1.82) is 5.26 Å². The Labute approximate surface area is 209 Å². The van der Waals surface area contributed by atoms with Crippen LogP contribution in [0.5, 0.6) is 28.7 Å². The monoisotopic (exact) mass is 540 g/mol. The highest BCUT2D eigenvalue weighted by molar-refractivity contribution is 9.10. The molecule has 2 N–H and O–H groups in total. The summed E-state index contributed by atoms with van der Waals surface area (Å²) < 4.78 is 29.1. The van der Waals surface area contributed by atoms with Crippen molar-refractivity contribution in [1.82, 2.24) is 0 Å². The van der Waals surface area contributed by atoms with Gasteiger partial charge >= 0.3 is 0 Å². The summed E-state index contributed by atoms with van der Waals surface area (Å²) in [5.74, 6) is 2.23. The van der Waals surface area contributed by atoms with Gasteiger partial charge in [0.1, 0.15) is 24.0 Å². The van der Waals surface area contributed by atoms with Gasteiger partial charge in [0.25, 0.3) is 0 Å². The number of allylic oxidation sites excluding steroid dienone is 1. The van der Waals surface area contributed by atoms with Gasteiger partial charge in [-0.2, -0.15) is 5.26 Å². The van der Waals surface area contributed by atoms with Crippen LogP contribution >= 0.6 is 27.5 Å². The number of nitrogens with zero attached hydrogens (tertiary/aromatic N) is 1. The lowest BCUT2D eigenvalue weighted by Gasteiger charge is -2.27. The fraction of sp³-hybridized carbons (Fsp3) is 0.160. The minimum Gasteiger partial charge on any atom is -0.493 e. The number of nitriles is 1. The van der Waals surface area contributed by atoms with Gasteiger partial charge in [-0.15, -0.1) is 0 Å². The first-order valence-electron chi connectivity index (χ1n) is 10.2. The Morgan fingerprint density at radius 3 is 2.56 bits per heavy atom. The Morgan fingerprint density at radius 1 is 1.12 bits per heavy atom. The number of hydrogen-bond donors (Lipinski definition) is 1. The highest BCUT2D eigenvalue weighted by Gasteiger charge is 2.34. The summed E-state index contributed by atoms with van der Waals surface area (Å²) in [6.45, 7) is 0.446. The molecule has 2 aliphatic rings. The predicted octanol–water partition coefficient (Wildman–Crippen LogP) is 5.64. The third-order valence-corrected chi connectivity index (χ3v) is 6.43. The van der Waals surface area contributed by atoms with E-state index in [2.05, 4.69) is 22.0 Å². The number of fused-ring (bicyclic) bond motifs is 2. The lowest BCUT2D eigenvalue weighted by atomic mass is 9.83. The Balaban J connectivity index is 1.55. The Hall–Kier alpha value is -3.54. The lowest BCUT2D eigenvalue weighted by Crippen LogP contribution is -2.21. The van der Waals surface area contributed by atoms with E-state index in [9.17, 15) is 5.26 Å². The lowest BCUT2D eigenvalue weighted by molar-refractivity contribution is 0.174. The summed E-state index contributed by atoms with van der Waals surface area (Å²) in [5, 5.41) is 10.6. The van der Waals surface area contributed by atoms with Crippen LogP contribution in [0.2, 0.25) is 5.02 Å². The van der Waals surface area contributed by atoms with Gasteiger partial charge in [-0.05, 0) is 57.4 Å². The van der Waals surface area contributed by atoms with Crippen LogP contribution in [-0.2, 0) is 6.61 Å². The van der Waals surface area contributed by atoms with Crippen LogP contribution in [0.1, 0.15) is 22.6 Å². The number of rotatable bonds is 5. The van der Waals surface area contributed by atoms with Crippen molar-refractivity contribution in [3.05, 3.63) is 86.2 Å².